The van der Waals surface area contributed by atoms with Crippen molar-refractivity contribution >= 4 is 23.2 Å². The maximum atomic E-state index is 12.9. The van der Waals surface area contributed by atoms with E-state index in [0.717, 1.165) is 5.56 Å². The molecule has 1 atom stereocenters. The number of rotatable bonds is 4. The molecule has 4 nitrogen and oxygen atoms in total. The molecule has 1 aliphatic rings. The lowest BCUT2D eigenvalue weighted by molar-refractivity contribution is -0.129. The number of carbonyl (C=O) groups excluding carboxylic acids is 2. The summed E-state index contributed by atoms with van der Waals surface area (Å²) in [4.78, 5) is 26.0. The summed E-state index contributed by atoms with van der Waals surface area (Å²) in [7, 11) is 0. The maximum absolute atomic E-state index is 12.9. The highest BCUT2D eigenvalue weighted by atomic mass is 32.1. The number of nitrogens with one attached hydrogen (secondary N) is 1. The minimum absolute atomic E-state index is 0.0899. The number of likely N-dealkylation sites (tertiary alicyclic amines) is 1. The third-order valence-corrected chi connectivity index (χ3v) is 4.36. The zero-order valence-electron chi connectivity index (χ0n) is 11.8. The van der Waals surface area contributed by atoms with E-state index in [0.29, 0.717) is 25.1 Å². The minimum Gasteiger partial charge on any atom is -0.340 e. The fourth-order valence-corrected chi connectivity index (χ4v) is 3.11. The van der Waals surface area contributed by atoms with Gasteiger partial charge in [-0.1, -0.05) is 12.1 Å². The van der Waals surface area contributed by atoms with Crippen molar-refractivity contribution in [2.45, 2.75) is 19.0 Å². The van der Waals surface area contributed by atoms with Crippen LogP contribution in [0.3, 0.4) is 0 Å². The molecule has 22 heavy (non-hydrogen) atoms. The number of hydrogen-bond donors (Lipinski definition) is 1. The minimum atomic E-state index is -0.479. The Labute approximate surface area is 131 Å². The number of carbonyl (C=O) groups is 2. The van der Waals surface area contributed by atoms with Crippen LogP contribution in [0, 0.1) is 5.82 Å². The number of thiophene rings is 1. The van der Waals surface area contributed by atoms with Gasteiger partial charge in [-0.2, -0.15) is 11.3 Å². The highest BCUT2D eigenvalue weighted by Crippen LogP contribution is 2.16. The van der Waals surface area contributed by atoms with Gasteiger partial charge in [-0.3, -0.25) is 9.59 Å². The molecule has 1 saturated heterocycles. The molecule has 3 rings (SSSR count). The molecule has 114 valence electrons. The third-order valence-electron chi connectivity index (χ3n) is 3.67. The standard InChI is InChI=1S/C16H15FN2O2S/c17-13-3-1-11(2-4-13)9-19-7-5-14(16(19)21)18-15(20)12-6-8-22-10-12/h1-4,6,8,10,14H,5,7,9H2,(H,18,20)/t14-/m0/s1. The maximum Gasteiger partial charge on any atom is 0.252 e. The van der Waals surface area contributed by atoms with Gasteiger partial charge in [0.15, 0.2) is 0 Å². The predicted octanol–water partition coefficient (Wildman–Crippen LogP) is 2.42. The Morgan fingerprint density at radius 1 is 1.32 bits per heavy atom. The van der Waals surface area contributed by atoms with E-state index in [9.17, 15) is 14.0 Å². The zero-order chi connectivity index (χ0) is 15.5. The molecular weight excluding hydrogens is 303 g/mol. The normalized spacial score (nSPS) is 17.8. The molecule has 0 radical (unpaired) electrons. The Morgan fingerprint density at radius 2 is 2.09 bits per heavy atom. The van der Waals surface area contributed by atoms with Crippen molar-refractivity contribution in [3.8, 4) is 0 Å². The van der Waals surface area contributed by atoms with Crippen molar-refractivity contribution in [3.63, 3.8) is 0 Å². The van der Waals surface area contributed by atoms with Crippen LogP contribution in [0.25, 0.3) is 0 Å². The van der Waals surface area contributed by atoms with Gasteiger partial charge in [0.1, 0.15) is 11.9 Å². The monoisotopic (exact) mass is 318 g/mol. The zero-order valence-corrected chi connectivity index (χ0v) is 12.6. The van der Waals surface area contributed by atoms with Gasteiger partial charge in [-0.05, 0) is 35.6 Å². The first-order valence-electron chi connectivity index (χ1n) is 7.00. The van der Waals surface area contributed by atoms with E-state index in [1.54, 1.807) is 28.5 Å². The van der Waals surface area contributed by atoms with E-state index in [1.807, 2.05) is 5.38 Å². The number of halogens is 1. The number of benzene rings is 1. The topological polar surface area (TPSA) is 49.4 Å². The Bertz CT molecular complexity index is 670. The van der Waals surface area contributed by atoms with Gasteiger partial charge in [0, 0.05) is 18.5 Å². The van der Waals surface area contributed by atoms with Crippen LogP contribution in [0.4, 0.5) is 4.39 Å². The molecular formula is C16H15FN2O2S. The molecule has 0 aliphatic carbocycles. The average molecular weight is 318 g/mol. The summed E-state index contributed by atoms with van der Waals surface area (Å²) in [6, 6.07) is 7.35. The molecule has 1 aromatic carbocycles. The predicted molar refractivity (Wildman–Crippen MR) is 82.0 cm³/mol. The number of nitrogens with zero attached hydrogens (tertiary/aromatic N) is 1. The molecule has 1 aliphatic heterocycles. The molecule has 0 bridgehead atoms. The second-order valence-corrected chi connectivity index (χ2v) is 5.99. The van der Waals surface area contributed by atoms with Crippen LogP contribution in [0.2, 0.25) is 0 Å². The highest BCUT2D eigenvalue weighted by Gasteiger charge is 2.32. The molecule has 1 fully saturated rings. The summed E-state index contributed by atoms with van der Waals surface area (Å²) in [5.74, 6) is -0.603. The van der Waals surface area contributed by atoms with Crippen LogP contribution in [-0.4, -0.2) is 29.3 Å². The summed E-state index contributed by atoms with van der Waals surface area (Å²) in [6.07, 6.45) is 0.593. The van der Waals surface area contributed by atoms with E-state index in [-0.39, 0.29) is 17.6 Å². The Kier molecular flexibility index (Phi) is 4.20. The first kappa shape index (κ1) is 14.7. The summed E-state index contributed by atoms with van der Waals surface area (Å²) in [5, 5.41) is 6.35. The highest BCUT2D eigenvalue weighted by molar-refractivity contribution is 7.08. The summed E-state index contributed by atoms with van der Waals surface area (Å²) in [6.45, 7) is 1.02. The van der Waals surface area contributed by atoms with E-state index >= 15 is 0 Å². The quantitative estimate of drug-likeness (QED) is 0.941. The third kappa shape index (κ3) is 3.17. The second kappa shape index (κ2) is 6.27. The molecule has 1 aromatic heterocycles. The average Bonchev–Trinajstić information content (AvgIpc) is 3.15. The Hall–Kier alpha value is -2.21. The van der Waals surface area contributed by atoms with Crippen molar-refractivity contribution in [2.24, 2.45) is 0 Å². The smallest absolute Gasteiger partial charge is 0.252 e. The van der Waals surface area contributed by atoms with Crippen molar-refractivity contribution in [3.05, 3.63) is 58.0 Å². The molecule has 0 saturated carbocycles. The lowest BCUT2D eigenvalue weighted by Gasteiger charge is -2.17. The van der Waals surface area contributed by atoms with Gasteiger partial charge in [0.05, 0.1) is 5.56 Å². The van der Waals surface area contributed by atoms with Crippen LogP contribution in [0.5, 0.6) is 0 Å². The molecule has 0 unspecified atom stereocenters. The van der Waals surface area contributed by atoms with E-state index in [2.05, 4.69) is 5.32 Å². The first-order chi connectivity index (χ1) is 10.6. The van der Waals surface area contributed by atoms with Crippen LogP contribution in [0.1, 0.15) is 22.3 Å². The van der Waals surface area contributed by atoms with Gasteiger partial charge < -0.3 is 10.2 Å². The van der Waals surface area contributed by atoms with Crippen molar-refractivity contribution in [1.82, 2.24) is 10.2 Å². The fraction of sp³-hybridized carbons (Fsp3) is 0.250. The molecule has 2 heterocycles. The van der Waals surface area contributed by atoms with Gasteiger partial charge in [-0.15, -0.1) is 0 Å². The van der Waals surface area contributed by atoms with Crippen LogP contribution in [-0.2, 0) is 11.3 Å². The molecule has 2 amide bonds. The van der Waals surface area contributed by atoms with Gasteiger partial charge in [0.25, 0.3) is 5.91 Å². The molecule has 0 spiro atoms. The summed E-state index contributed by atoms with van der Waals surface area (Å²) >= 11 is 1.44. The van der Waals surface area contributed by atoms with E-state index < -0.39 is 6.04 Å². The molecule has 1 N–H and O–H groups in total. The van der Waals surface area contributed by atoms with Crippen molar-refractivity contribution < 1.29 is 14.0 Å². The SMILES string of the molecule is O=C(N[C@H]1CCN(Cc2ccc(F)cc2)C1=O)c1ccsc1. The van der Waals surface area contributed by atoms with Crippen molar-refractivity contribution in [2.75, 3.05) is 6.54 Å². The van der Waals surface area contributed by atoms with Gasteiger partial charge in [0.2, 0.25) is 5.91 Å². The van der Waals surface area contributed by atoms with Crippen LogP contribution in [0.15, 0.2) is 41.1 Å². The lowest BCUT2D eigenvalue weighted by atomic mass is 10.2. The summed E-state index contributed by atoms with van der Waals surface area (Å²) < 4.78 is 12.9. The number of amides is 2. The van der Waals surface area contributed by atoms with E-state index in [4.69, 9.17) is 0 Å². The summed E-state index contributed by atoms with van der Waals surface area (Å²) in [5.41, 5.74) is 1.45. The van der Waals surface area contributed by atoms with Crippen LogP contribution < -0.4 is 5.32 Å². The van der Waals surface area contributed by atoms with Gasteiger partial charge in [-0.25, -0.2) is 4.39 Å². The fourth-order valence-electron chi connectivity index (χ4n) is 2.48. The van der Waals surface area contributed by atoms with Gasteiger partial charge >= 0.3 is 0 Å². The van der Waals surface area contributed by atoms with Crippen LogP contribution >= 0.6 is 11.3 Å². The largest absolute Gasteiger partial charge is 0.340 e. The lowest BCUT2D eigenvalue weighted by Crippen LogP contribution is -2.41. The number of hydrogen-bond acceptors (Lipinski definition) is 3. The Balaban J connectivity index is 1.60. The first-order valence-corrected chi connectivity index (χ1v) is 7.94. The molecule has 6 heteroatoms. The Morgan fingerprint density at radius 3 is 2.77 bits per heavy atom. The van der Waals surface area contributed by atoms with Crippen molar-refractivity contribution in [1.29, 1.82) is 0 Å². The second-order valence-electron chi connectivity index (χ2n) is 5.21. The molecule has 2 aromatic rings. The van der Waals surface area contributed by atoms with E-state index in [1.165, 1.54) is 23.5 Å².